The second kappa shape index (κ2) is 6.18. The number of rotatable bonds is 3. The van der Waals surface area contributed by atoms with Crippen LogP contribution in [0.4, 0.5) is 5.00 Å². The molecule has 0 aliphatic heterocycles. The van der Waals surface area contributed by atoms with Crippen LogP contribution in [0.3, 0.4) is 0 Å². The van der Waals surface area contributed by atoms with Gasteiger partial charge in [0, 0.05) is 10.8 Å². The average molecular weight is 307 g/mol. The zero-order valence-electron chi connectivity index (χ0n) is 12.4. The molecule has 3 rings (SSSR count). The summed E-state index contributed by atoms with van der Waals surface area (Å²) in [5, 5.41) is 3.70. The maximum atomic E-state index is 12.4. The highest BCUT2D eigenvalue weighted by atomic mass is 32.1. The Labute approximate surface area is 128 Å². The summed E-state index contributed by atoms with van der Waals surface area (Å²) in [6.07, 6.45) is 8.41. The molecule has 1 aromatic rings. The van der Waals surface area contributed by atoms with Crippen molar-refractivity contribution in [2.75, 3.05) is 12.4 Å². The zero-order chi connectivity index (χ0) is 14.8. The van der Waals surface area contributed by atoms with Gasteiger partial charge in [0.2, 0.25) is 5.91 Å². The molecule has 4 nitrogen and oxygen atoms in total. The Hall–Kier alpha value is -1.36. The fraction of sp³-hybridized carbons (Fsp3) is 0.625. The topological polar surface area (TPSA) is 55.4 Å². The second-order valence-electron chi connectivity index (χ2n) is 5.88. The molecule has 1 fully saturated rings. The van der Waals surface area contributed by atoms with Gasteiger partial charge in [-0.1, -0.05) is 19.3 Å². The first-order valence-corrected chi connectivity index (χ1v) is 8.56. The number of hydrogen-bond acceptors (Lipinski definition) is 4. The van der Waals surface area contributed by atoms with E-state index in [1.54, 1.807) is 11.3 Å². The summed E-state index contributed by atoms with van der Waals surface area (Å²) in [5.74, 6) is -0.158. The molecule has 0 spiro atoms. The van der Waals surface area contributed by atoms with Crippen LogP contribution >= 0.6 is 11.3 Å². The number of anilines is 1. The number of carbonyl (C=O) groups is 2. The molecule has 5 heteroatoms. The largest absolute Gasteiger partial charge is 0.465 e. The molecule has 2 aliphatic rings. The van der Waals surface area contributed by atoms with Crippen molar-refractivity contribution in [3.05, 3.63) is 16.0 Å². The zero-order valence-corrected chi connectivity index (χ0v) is 13.2. The molecule has 1 heterocycles. The predicted octanol–water partition coefficient (Wildman–Crippen LogP) is 3.54. The Balaban J connectivity index is 1.81. The molecule has 0 bridgehead atoms. The number of fused-ring (bicyclic) bond motifs is 1. The molecular formula is C16H21NO3S. The lowest BCUT2D eigenvalue weighted by atomic mass is 9.89. The third kappa shape index (κ3) is 2.84. The first-order valence-electron chi connectivity index (χ1n) is 7.74. The van der Waals surface area contributed by atoms with E-state index in [1.165, 1.54) is 18.4 Å². The van der Waals surface area contributed by atoms with Crippen molar-refractivity contribution in [1.82, 2.24) is 0 Å². The minimum atomic E-state index is -0.326. The second-order valence-corrected chi connectivity index (χ2v) is 6.98. The van der Waals surface area contributed by atoms with Crippen LogP contribution < -0.4 is 5.32 Å². The predicted molar refractivity (Wildman–Crippen MR) is 82.9 cm³/mol. The quantitative estimate of drug-likeness (QED) is 0.869. The number of esters is 1. The average Bonchev–Trinajstić information content (AvgIpc) is 3.07. The van der Waals surface area contributed by atoms with Crippen LogP contribution in [0.2, 0.25) is 0 Å². The van der Waals surface area contributed by atoms with Crippen molar-refractivity contribution in [3.8, 4) is 0 Å². The Morgan fingerprint density at radius 3 is 2.62 bits per heavy atom. The number of aryl methyl sites for hydroxylation is 1. The van der Waals surface area contributed by atoms with Gasteiger partial charge < -0.3 is 10.1 Å². The van der Waals surface area contributed by atoms with Crippen LogP contribution in [-0.2, 0) is 22.4 Å². The van der Waals surface area contributed by atoms with Crippen LogP contribution in [0.5, 0.6) is 0 Å². The Kier molecular flexibility index (Phi) is 4.29. The maximum absolute atomic E-state index is 12.4. The van der Waals surface area contributed by atoms with Gasteiger partial charge in [-0.3, -0.25) is 4.79 Å². The van der Waals surface area contributed by atoms with E-state index >= 15 is 0 Å². The maximum Gasteiger partial charge on any atom is 0.341 e. The first kappa shape index (κ1) is 14.6. The molecule has 0 saturated heterocycles. The lowest BCUT2D eigenvalue weighted by molar-refractivity contribution is -0.120. The lowest BCUT2D eigenvalue weighted by Crippen LogP contribution is -2.25. The van der Waals surface area contributed by atoms with E-state index in [9.17, 15) is 9.59 Å². The molecule has 0 atom stereocenters. The molecule has 1 N–H and O–H groups in total. The Morgan fingerprint density at radius 2 is 1.90 bits per heavy atom. The number of thiophene rings is 1. The monoisotopic (exact) mass is 307 g/mol. The van der Waals surface area contributed by atoms with Gasteiger partial charge >= 0.3 is 5.97 Å². The number of methoxy groups -OCH3 is 1. The lowest BCUT2D eigenvalue weighted by Gasteiger charge is -2.20. The molecule has 114 valence electrons. The summed E-state index contributed by atoms with van der Waals surface area (Å²) in [7, 11) is 1.40. The van der Waals surface area contributed by atoms with Crippen LogP contribution in [0.25, 0.3) is 0 Å². The minimum Gasteiger partial charge on any atom is -0.465 e. The third-order valence-corrected chi connectivity index (χ3v) is 5.73. The van der Waals surface area contributed by atoms with Crippen molar-refractivity contribution < 1.29 is 14.3 Å². The molecular weight excluding hydrogens is 286 g/mol. The van der Waals surface area contributed by atoms with E-state index in [1.807, 2.05) is 0 Å². The van der Waals surface area contributed by atoms with E-state index in [0.29, 0.717) is 10.6 Å². The molecule has 0 aromatic carbocycles. The van der Waals surface area contributed by atoms with Gasteiger partial charge in [0.1, 0.15) is 5.00 Å². The highest BCUT2D eigenvalue weighted by Crippen LogP contribution is 2.40. The highest BCUT2D eigenvalue weighted by molar-refractivity contribution is 7.17. The number of hydrogen-bond donors (Lipinski definition) is 1. The van der Waals surface area contributed by atoms with Gasteiger partial charge in [0.15, 0.2) is 0 Å². The van der Waals surface area contributed by atoms with Gasteiger partial charge in [-0.2, -0.15) is 0 Å². The van der Waals surface area contributed by atoms with E-state index in [2.05, 4.69) is 5.32 Å². The number of nitrogens with one attached hydrogen (secondary N) is 1. The number of carbonyl (C=O) groups excluding carboxylic acids is 2. The standard InChI is InChI=1S/C16H21NO3S/c1-20-16(19)13-11-8-5-9-12(11)21-15(13)17-14(18)10-6-3-2-4-7-10/h10H,2-9H2,1H3,(H,17,18). The van der Waals surface area contributed by atoms with Gasteiger partial charge in [0.05, 0.1) is 12.7 Å². The Morgan fingerprint density at radius 1 is 1.14 bits per heavy atom. The summed E-state index contributed by atoms with van der Waals surface area (Å²) in [6.45, 7) is 0. The molecule has 1 aromatic heterocycles. The van der Waals surface area contributed by atoms with E-state index in [0.717, 1.165) is 50.5 Å². The van der Waals surface area contributed by atoms with Gasteiger partial charge in [0.25, 0.3) is 0 Å². The van der Waals surface area contributed by atoms with E-state index in [-0.39, 0.29) is 17.8 Å². The number of ether oxygens (including phenoxy) is 1. The first-order chi connectivity index (χ1) is 10.2. The number of amides is 1. The summed E-state index contributed by atoms with van der Waals surface area (Å²) in [4.78, 5) is 25.7. The van der Waals surface area contributed by atoms with E-state index in [4.69, 9.17) is 4.74 Å². The fourth-order valence-electron chi connectivity index (χ4n) is 3.39. The molecule has 0 unspecified atom stereocenters. The highest BCUT2D eigenvalue weighted by Gasteiger charge is 2.29. The van der Waals surface area contributed by atoms with E-state index < -0.39 is 0 Å². The third-order valence-electron chi connectivity index (χ3n) is 4.52. The normalized spacial score (nSPS) is 18.3. The smallest absolute Gasteiger partial charge is 0.341 e. The van der Waals surface area contributed by atoms with Crippen LogP contribution in [0, 0.1) is 5.92 Å². The summed E-state index contributed by atoms with van der Waals surface area (Å²) >= 11 is 1.55. The summed E-state index contributed by atoms with van der Waals surface area (Å²) in [5.41, 5.74) is 1.69. The van der Waals surface area contributed by atoms with Crippen molar-refractivity contribution in [2.24, 2.45) is 5.92 Å². The molecule has 2 aliphatic carbocycles. The van der Waals surface area contributed by atoms with Gasteiger partial charge in [-0.05, 0) is 37.7 Å². The van der Waals surface area contributed by atoms with Crippen molar-refractivity contribution >= 4 is 28.2 Å². The van der Waals surface area contributed by atoms with Crippen molar-refractivity contribution in [1.29, 1.82) is 0 Å². The fourth-order valence-corrected chi connectivity index (χ4v) is 4.67. The molecule has 0 radical (unpaired) electrons. The van der Waals surface area contributed by atoms with Crippen LogP contribution in [0.15, 0.2) is 0 Å². The minimum absolute atomic E-state index is 0.0692. The summed E-state index contributed by atoms with van der Waals surface area (Å²) in [6, 6.07) is 0. The molecule has 1 saturated carbocycles. The van der Waals surface area contributed by atoms with Crippen LogP contribution in [0.1, 0.15) is 59.3 Å². The Bertz CT molecular complexity index is 558. The SMILES string of the molecule is COC(=O)c1c(NC(=O)C2CCCCC2)sc2c1CCC2. The van der Waals surface area contributed by atoms with Crippen molar-refractivity contribution in [3.63, 3.8) is 0 Å². The molecule has 1 amide bonds. The molecule has 21 heavy (non-hydrogen) atoms. The van der Waals surface area contributed by atoms with Crippen LogP contribution in [-0.4, -0.2) is 19.0 Å². The van der Waals surface area contributed by atoms with Gasteiger partial charge in [-0.15, -0.1) is 11.3 Å². The van der Waals surface area contributed by atoms with Crippen molar-refractivity contribution in [2.45, 2.75) is 51.4 Å². The summed E-state index contributed by atoms with van der Waals surface area (Å²) < 4.78 is 4.90. The van der Waals surface area contributed by atoms with Gasteiger partial charge in [-0.25, -0.2) is 4.79 Å².